The molecule has 1 unspecified atom stereocenters. The van der Waals surface area contributed by atoms with Crippen molar-refractivity contribution in [2.45, 2.75) is 32.4 Å². The molecule has 1 N–H and O–H groups in total. The summed E-state index contributed by atoms with van der Waals surface area (Å²) in [5.74, 6) is 0.789. The Bertz CT molecular complexity index is 1260. The first-order valence-corrected chi connectivity index (χ1v) is 11.9. The average molecular weight is 457 g/mol. The maximum absolute atomic E-state index is 13.4. The third-order valence-corrected chi connectivity index (χ3v) is 6.70. The molecule has 1 amide bonds. The summed E-state index contributed by atoms with van der Waals surface area (Å²) >= 11 is 0. The summed E-state index contributed by atoms with van der Waals surface area (Å²) in [6.07, 6.45) is 1.57. The number of halogens is 1. The van der Waals surface area contributed by atoms with Gasteiger partial charge >= 0.3 is 0 Å². The van der Waals surface area contributed by atoms with Crippen molar-refractivity contribution in [3.8, 4) is 0 Å². The van der Waals surface area contributed by atoms with Gasteiger partial charge in [-0.15, -0.1) is 0 Å². The fourth-order valence-corrected chi connectivity index (χ4v) is 4.73. The molecule has 5 nitrogen and oxygen atoms in total. The van der Waals surface area contributed by atoms with E-state index in [0.29, 0.717) is 6.54 Å². The highest BCUT2D eigenvalue weighted by atomic mass is 19.1. The van der Waals surface area contributed by atoms with Crippen LogP contribution in [0.1, 0.15) is 36.9 Å². The Morgan fingerprint density at radius 2 is 1.68 bits per heavy atom. The van der Waals surface area contributed by atoms with Gasteiger partial charge in [0.1, 0.15) is 5.82 Å². The molecule has 1 aliphatic heterocycles. The van der Waals surface area contributed by atoms with Gasteiger partial charge in [-0.05, 0) is 55.2 Å². The summed E-state index contributed by atoms with van der Waals surface area (Å²) < 4.78 is 15.6. The van der Waals surface area contributed by atoms with Crippen LogP contribution in [0.15, 0.2) is 78.9 Å². The molecule has 0 bridgehead atoms. The van der Waals surface area contributed by atoms with E-state index in [9.17, 15) is 9.18 Å². The molecule has 1 saturated heterocycles. The second-order valence-electron chi connectivity index (χ2n) is 9.02. The van der Waals surface area contributed by atoms with E-state index < -0.39 is 0 Å². The highest BCUT2D eigenvalue weighted by molar-refractivity contribution is 5.80. The standard InChI is InChI=1S/C28H29FN4O/c1-20(22-7-3-2-4-8-22)30-27(34)23-15-17-32(18-16-23)28-31-25-9-5-6-10-26(25)33(28)19-21-11-13-24(29)14-12-21/h2-14,20,23H,15-19H2,1H3,(H,30,34). The topological polar surface area (TPSA) is 50.2 Å². The van der Waals surface area contributed by atoms with Crippen LogP contribution >= 0.6 is 0 Å². The predicted octanol–water partition coefficient (Wildman–Crippen LogP) is 5.32. The highest BCUT2D eigenvalue weighted by Crippen LogP contribution is 2.28. The van der Waals surface area contributed by atoms with Crippen molar-refractivity contribution >= 4 is 22.9 Å². The van der Waals surface area contributed by atoms with E-state index in [1.54, 1.807) is 0 Å². The fourth-order valence-electron chi connectivity index (χ4n) is 4.73. The second-order valence-corrected chi connectivity index (χ2v) is 9.02. The molecule has 6 heteroatoms. The number of carbonyl (C=O) groups is 1. The molecule has 1 atom stereocenters. The van der Waals surface area contributed by atoms with Crippen LogP contribution in [0.5, 0.6) is 0 Å². The van der Waals surface area contributed by atoms with Gasteiger partial charge in [0.15, 0.2) is 0 Å². The molecule has 4 aromatic rings. The van der Waals surface area contributed by atoms with Gasteiger partial charge in [-0.25, -0.2) is 9.37 Å². The molecule has 5 rings (SSSR count). The number of carbonyl (C=O) groups excluding carboxylic acids is 1. The van der Waals surface area contributed by atoms with Crippen LogP contribution in [0.25, 0.3) is 11.0 Å². The molecule has 1 fully saturated rings. The van der Waals surface area contributed by atoms with Crippen molar-refractivity contribution in [1.29, 1.82) is 0 Å². The lowest BCUT2D eigenvalue weighted by atomic mass is 9.95. The van der Waals surface area contributed by atoms with Crippen molar-refractivity contribution in [1.82, 2.24) is 14.9 Å². The average Bonchev–Trinajstić information content (AvgIpc) is 3.24. The predicted molar refractivity (Wildman–Crippen MR) is 133 cm³/mol. The van der Waals surface area contributed by atoms with Crippen LogP contribution in [0.2, 0.25) is 0 Å². The zero-order chi connectivity index (χ0) is 23.5. The van der Waals surface area contributed by atoms with Gasteiger partial charge in [0.05, 0.1) is 23.6 Å². The van der Waals surface area contributed by atoms with E-state index in [4.69, 9.17) is 4.98 Å². The number of aromatic nitrogens is 2. The normalized spacial score (nSPS) is 15.4. The molecule has 2 heterocycles. The molecule has 0 saturated carbocycles. The van der Waals surface area contributed by atoms with E-state index >= 15 is 0 Å². The Balaban J connectivity index is 1.30. The number of anilines is 1. The van der Waals surface area contributed by atoms with Gasteiger partial charge < -0.3 is 14.8 Å². The van der Waals surface area contributed by atoms with Crippen LogP contribution < -0.4 is 10.2 Å². The van der Waals surface area contributed by atoms with Crippen molar-refractivity contribution in [3.63, 3.8) is 0 Å². The summed E-state index contributed by atoms with van der Waals surface area (Å²) in [5, 5.41) is 3.18. The number of benzene rings is 3. The first-order chi connectivity index (χ1) is 16.6. The third kappa shape index (κ3) is 4.67. The molecular weight excluding hydrogens is 427 g/mol. The van der Waals surface area contributed by atoms with E-state index in [0.717, 1.165) is 54.0 Å². The molecule has 1 aliphatic rings. The monoisotopic (exact) mass is 456 g/mol. The van der Waals surface area contributed by atoms with Crippen LogP contribution in [-0.2, 0) is 11.3 Å². The van der Waals surface area contributed by atoms with Gasteiger partial charge in [0, 0.05) is 19.0 Å². The number of nitrogens with one attached hydrogen (secondary N) is 1. The highest BCUT2D eigenvalue weighted by Gasteiger charge is 2.28. The number of para-hydroxylation sites is 2. The number of rotatable bonds is 6. The summed E-state index contributed by atoms with van der Waals surface area (Å²) in [4.78, 5) is 20.1. The molecule has 174 valence electrons. The molecule has 0 spiro atoms. The largest absolute Gasteiger partial charge is 0.349 e. The van der Waals surface area contributed by atoms with E-state index in [1.165, 1.54) is 12.1 Å². The lowest BCUT2D eigenvalue weighted by Crippen LogP contribution is -2.42. The Morgan fingerprint density at radius 3 is 2.41 bits per heavy atom. The lowest BCUT2D eigenvalue weighted by molar-refractivity contribution is -0.126. The Hall–Kier alpha value is -3.67. The maximum atomic E-state index is 13.4. The zero-order valence-electron chi connectivity index (χ0n) is 19.3. The number of hydrogen-bond donors (Lipinski definition) is 1. The molecule has 0 aliphatic carbocycles. The fraction of sp³-hybridized carbons (Fsp3) is 0.286. The van der Waals surface area contributed by atoms with Crippen LogP contribution in [0, 0.1) is 11.7 Å². The summed E-state index contributed by atoms with van der Waals surface area (Å²) in [6.45, 7) is 4.18. The molecule has 34 heavy (non-hydrogen) atoms. The summed E-state index contributed by atoms with van der Waals surface area (Å²) in [7, 11) is 0. The third-order valence-electron chi connectivity index (χ3n) is 6.70. The maximum Gasteiger partial charge on any atom is 0.223 e. The number of imidazole rings is 1. The van der Waals surface area contributed by atoms with Crippen molar-refractivity contribution in [3.05, 3.63) is 95.8 Å². The van der Waals surface area contributed by atoms with E-state index in [1.807, 2.05) is 67.6 Å². The van der Waals surface area contributed by atoms with Crippen molar-refractivity contribution in [2.24, 2.45) is 5.92 Å². The van der Waals surface area contributed by atoms with Gasteiger partial charge in [-0.3, -0.25) is 4.79 Å². The van der Waals surface area contributed by atoms with Crippen molar-refractivity contribution < 1.29 is 9.18 Å². The molecular formula is C28H29FN4O. The first-order valence-electron chi connectivity index (χ1n) is 11.9. The Kier molecular flexibility index (Phi) is 6.30. The lowest BCUT2D eigenvalue weighted by Gasteiger charge is -2.33. The zero-order valence-corrected chi connectivity index (χ0v) is 19.3. The smallest absolute Gasteiger partial charge is 0.223 e. The quantitative estimate of drug-likeness (QED) is 0.427. The summed E-state index contributed by atoms with van der Waals surface area (Å²) in [6, 6.07) is 24.8. The first kappa shape index (κ1) is 22.1. The molecule has 3 aromatic carbocycles. The van der Waals surface area contributed by atoms with Gasteiger partial charge in [-0.1, -0.05) is 54.6 Å². The minimum atomic E-state index is -0.235. The molecule has 1 aromatic heterocycles. The second kappa shape index (κ2) is 9.67. The SMILES string of the molecule is CC(NC(=O)C1CCN(c2nc3ccccc3n2Cc2ccc(F)cc2)CC1)c1ccccc1. The van der Waals surface area contributed by atoms with E-state index in [2.05, 4.69) is 20.9 Å². The van der Waals surface area contributed by atoms with Crippen LogP contribution in [0.3, 0.4) is 0 Å². The minimum Gasteiger partial charge on any atom is -0.349 e. The minimum absolute atomic E-state index is 0.00246. The van der Waals surface area contributed by atoms with Crippen molar-refractivity contribution in [2.75, 3.05) is 18.0 Å². The van der Waals surface area contributed by atoms with Crippen LogP contribution in [-0.4, -0.2) is 28.5 Å². The number of fused-ring (bicyclic) bond motifs is 1. The van der Waals surface area contributed by atoms with E-state index in [-0.39, 0.29) is 23.7 Å². The Labute approximate surface area is 199 Å². The van der Waals surface area contributed by atoms with Gasteiger partial charge in [0.25, 0.3) is 0 Å². The van der Waals surface area contributed by atoms with Gasteiger partial charge in [-0.2, -0.15) is 0 Å². The van der Waals surface area contributed by atoms with Crippen LogP contribution in [0.4, 0.5) is 10.3 Å². The summed E-state index contributed by atoms with van der Waals surface area (Å²) in [5.41, 5.74) is 4.13. The Morgan fingerprint density at radius 1 is 1.00 bits per heavy atom. The number of piperidine rings is 1. The molecule has 0 radical (unpaired) electrons. The van der Waals surface area contributed by atoms with Gasteiger partial charge in [0.2, 0.25) is 11.9 Å². The number of amides is 1. The number of nitrogens with zero attached hydrogens (tertiary/aromatic N) is 3. The number of hydrogen-bond acceptors (Lipinski definition) is 3.